The van der Waals surface area contributed by atoms with Crippen molar-refractivity contribution in [3.05, 3.63) is 53.8 Å². The van der Waals surface area contributed by atoms with Crippen molar-refractivity contribution in [1.82, 2.24) is 5.32 Å². The van der Waals surface area contributed by atoms with Gasteiger partial charge in [0.05, 0.1) is 24.0 Å². The summed E-state index contributed by atoms with van der Waals surface area (Å²) in [5.41, 5.74) is 5.75. The van der Waals surface area contributed by atoms with E-state index in [1.54, 1.807) is 36.4 Å². The van der Waals surface area contributed by atoms with Gasteiger partial charge in [-0.25, -0.2) is 4.39 Å². The number of hydrogen-bond acceptors (Lipinski definition) is 3. The lowest BCUT2D eigenvalue weighted by molar-refractivity contribution is -0.185. The van der Waals surface area contributed by atoms with E-state index >= 15 is 0 Å². The lowest BCUT2D eigenvalue weighted by atomic mass is 9.87. The van der Waals surface area contributed by atoms with Gasteiger partial charge in [-0.3, -0.25) is 9.59 Å². The Balaban J connectivity index is 1.40. The average molecular weight is 478 g/mol. The molecule has 4 rings (SSSR count). The lowest BCUT2D eigenvalue weighted by Gasteiger charge is -2.30. The molecule has 2 fully saturated rings. The fraction of sp³-hybridized carbons (Fsp3) is 0.440. The Hall–Kier alpha value is -3.10. The predicted molar refractivity (Wildman–Crippen MR) is 117 cm³/mol. The molecule has 0 saturated heterocycles. The zero-order valence-electron chi connectivity index (χ0n) is 18.5. The highest BCUT2D eigenvalue weighted by molar-refractivity contribution is 5.93. The van der Waals surface area contributed by atoms with Crippen molar-refractivity contribution in [2.45, 2.75) is 56.2 Å². The van der Waals surface area contributed by atoms with E-state index in [9.17, 15) is 27.2 Å². The van der Waals surface area contributed by atoms with E-state index < -0.39 is 29.2 Å². The van der Waals surface area contributed by atoms with E-state index in [1.165, 1.54) is 6.07 Å². The van der Waals surface area contributed by atoms with Crippen LogP contribution >= 0.6 is 0 Å². The minimum absolute atomic E-state index is 0.0614. The van der Waals surface area contributed by atoms with E-state index in [2.05, 4.69) is 5.32 Å². The molecule has 0 bridgehead atoms. The summed E-state index contributed by atoms with van der Waals surface area (Å²) in [6.07, 6.45) is -2.49. The fourth-order valence-electron chi connectivity index (χ4n) is 4.57. The number of rotatable bonds is 7. The van der Waals surface area contributed by atoms with Crippen LogP contribution in [-0.2, 0) is 15.0 Å². The minimum atomic E-state index is -4.15. The van der Waals surface area contributed by atoms with Gasteiger partial charge in [-0.05, 0) is 67.9 Å². The Morgan fingerprint density at radius 1 is 1.03 bits per heavy atom. The van der Waals surface area contributed by atoms with Crippen LogP contribution in [0.1, 0.15) is 44.1 Å². The molecule has 2 aliphatic carbocycles. The lowest BCUT2D eigenvalue weighted by Crippen LogP contribution is -2.39. The van der Waals surface area contributed by atoms with Crippen molar-refractivity contribution in [3.63, 3.8) is 0 Å². The van der Waals surface area contributed by atoms with Crippen LogP contribution < -0.4 is 15.8 Å². The number of carbonyl (C=O) groups excluding carboxylic acids is 2. The zero-order chi connectivity index (χ0) is 24.5. The molecule has 2 saturated carbocycles. The van der Waals surface area contributed by atoms with Crippen molar-refractivity contribution in [1.29, 1.82) is 0 Å². The average Bonchev–Trinajstić information content (AvgIpc) is 3.60. The van der Waals surface area contributed by atoms with Crippen LogP contribution in [0.5, 0.6) is 5.75 Å². The van der Waals surface area contributed by atoms with E-state index in [4.69, 9.17) is 10.5 Å². The summed E-state index contributed by atoms with van der Waals surface area (Å²) >= 11 is 0. The molecular weight excluding hydrogens is 452 g/mol. The van der Waals surface area contributed by atoms with E-state index in [1.807, 2.05) is 0 Å². The second-order valence-electron chi connectivity index (χ2n) is 9.08. The maximum Gasteiger partial charge on any atom is 0.391 e. The molecule has 0 spiro atoms. The van der Waals surface area contributed by atoms with E-state index in [0.29, 0.717) is 48.1 Å². The van der Waals surface area contributed by atoms with Crippen LogP contribution in [0.15, 0.2) is 42.5 Å². The summed E-state index contributed by atoms with van der Waals surface area (Å²) in [6, 6.07) is 11.4. The third-order valence-corrected chi connectivity index (χ3v) is 6.73. The summed E-state index contributed by atoms with van der Waals surface area (Å²) in [4.78, 5) is 23.4. The summed E-state index contributed by atoms with van der Waals surface area (Å²) < 4.78 is 59.3. The van der Waals surface area contributed by atoms with E-state index in [-0.39, 0.29) is 31.4 Å². The van der Waals surface area contributed by atoms with Gasteiger partial charge in [0.1, 0.15) is 11.6 Å². The molecule has 2 aromatic rings. The maximum atomic E-state index is 14.9. The molecule has 34 heavy (non-hydrogen) atoms. The first kappa shape index (κ1) is 24.0. The normalized spacial score (nSPS) is 21.5. The predicted octanol–water partition coefficient (Wildman–Crippen LogP) is 4.63. The number of carbonyl (C=O) groups is 2. The largest absolute Gasteiger partial charge is 0.490 e. The van der Waals surface area contributed by atoms with Crippen LogP contribution in [0.3, 0.4) is 0 Å². The number of alkyl halides is 3. The highest BCUT2D eigenvalue weighted by atomic mass is 19.4. The molecule has 0 unspecified atom stereocenters. The minimum Gasteiger partial charge on any atom is -0.490 e. The maximum absolute atomic E-state index is 14.9. The van der Waals surface area contributed by atoms with Gasteiger partial charge in [0.2, 0.25) is 11.8 Å². The molecule has 182 valence electrons. The molecule has 2 amide bonds. The first-order valence-electron chi connectivity index (χ1n) is 11.3. The molecule has 0 aliphatic heterocycles. The Bertz CT molecular complexity index is 1060. The molecule has 9 heteroatoms. The van der Waals surface area contributed by atoms with Crippen molar-refractivity contribution in [3.8, 4) is 16.9 Å². The Kier molecular flexibility index (Phi) is 6.55. The van der Waals surface area contributed by atoms with Gasteiger partial charge >= 0.3 is 6.18 Å². The van der Waals surface area contributed by atoms with E-state index in [0.717, 1.165) is 0 Å². The summed E-state index contributed by atoms with van der Waals surface area (Å²) in [7, 11) is 0. The number of nitrogens with two attached hydrogens (primary N) is 1. The molecule has 2 aliphatic rings. The third kappa shape index (κ3) is 5.18. The van der Waals surface area contributed by atoms with Crippen molar-refractivity contribution in [2.24, 2.45) is 11.7 Å². The van der Waals surface area contributed by atoms with Crippen LogP contribution in [0.25, 0.3) is 11.1 Å². The SMILES string of the molecule is NC(=O)CNC(=O)C1(c2ccc(-c3ccc(OC4CCC(C(F)(F)F)CC4)cc3)c(F)c2)CC1. The quantitative estimate of drug-likeness (QED) is 0.570. The fourth-order valence-corrected chi connectivity index (χ4v) is 4.57. The van der Waals surface area contributed by atoms with Gasteiger partial charge in [-0.2, -0.15) is 13.2 Å². The highest BCUT2D eigenvalue weighted by Crippen LogP contribution is 2.49. The van der Waals surface area contributed by atoms with Gasteiger partial charge in [-0.1, -0.05) is 24.3 Å². The first-order valence-corrected chi connectivity index (χ1v) is 11.3. The number of ether oxygens (including phenoxy) is 1. The zero-order valence-corrected chi connectivity index (χ0v) is 18.5. The van der Waals surface area contributed by atoms with Gasteiger partial charge < -0.3 is 15.8 Å². The Morgan fingerprint density at radius 2 is 1.68 bits per heavy atom. The molecule has 5 nitrogen and oxygen atoms in total. The first-order chi connectivity index (χ1) is 16.1. The van der Waals surface area contributed by atoms with Crippen LogP contribution in [-0.4, -0.2) is 30.6 Å². The molecule has 0 aromatic heterocycles. The molecule has 0 heterocycles. The molecule has 0 radical (unpaired) electrons. The van der Waals surface area contributed by atoms with Crippen LogP contribution in [0.2, 0.25) is 0 Å². The molecule has 2 aromatic carbocycles. The van der Waals surface area contributed by atoms with Crippen molar-refractivity contribution >= 4 is 11.8 Å². The van der Waals surface area contributed by atoms with Gasteiger partial charge in [-0.15, -0.1) is 0 Å². The number of halogens is 4. The van der Waals surface area contributed by atoms with Crippen LogP contribution in [0, 0.1) is 11.7 Å². The van der Waals surface area contributed by atoms with Gasteiger partial charge in [0.15, 0.2) is 0 Å². The number of nitrogens with one attached hydrogen (secondary N) is 1. The van der Waals surface area contributed by atoms with Crippen molar-refractivity contribution < 1.29 is 31.9 Å². The second kappa shape index (κ2) is 9.27. The molecular formula is C25H26F4N2O3. The molecule has 3 N–H and O–H groups in total. The number of amides is 2. The van der Waals surface area contributed by atoms with Gasteiger partial charge in [0, 0.05) is 5.56 Å². The summed E-state index contributed by atoms with van der Waals surface area (Å²) in [5.74, 6) is -2.20. The summed E-state index contributed by atoms with van der Waals surface area (Å²) in [6.45, 7) is -0.265. The Labute approximate surface area is 194 Å². The third-order valence-electron chi connectivity index (χ3n) is 6.73. The summed E-state index contributed by atoms with van der Waals surface area (Å²) in [5, 5.41) is 2.49. The van der Waals surface area contributed by atoms with Crippen LogP contribution in [0.4, 0.5) is 17.6 Å². The number of hydrogen-bond donors (Lipinski definition) is 2. The number of primary amides is 1. The standard InChI is InChI=1S/C25H26F4N2O3/c26-21-13-17(24(11-12-24)23(33)31-14-22(30)32)5-10-20(21)15-1-6-18(7-2-15)34-19-8-3-16(4-9-19)25(27,28)29/h1-2,5-7,10,13,16,19H,3-4,8-9,11-12,14H2,(H2,30,32)(H,31,33). The highest BCUT2D eigenvalue weighted by Gasteiger charge is 2.51. The smallest absolute Gasteiger partial charge is 0.391 e. The second-order valence-corrected chi connectivity index (χ2v) is 9.08. The monoisotopic (exact) mass is 478 g/mol. The van der Waals surface area contributed by atoms with Crippen molar-refractivity contribution in [2.75, 3.05) is 6.54 Å². The molecule has 0 atom stereocenters. The Morgan fingerprint density at radius 3 is 2.21 bits per heavy atom. The number of benzene rings is 2. The topological polar surface area (TPSA) is 81.4 Å². The van der Waals surface area contributed by atoms with Gasteiger partial charge in [0.25, 0.3) is 0 Å².